The molecule has 1 N–H and O–H groups in total. The van der Waals surface area contributed by atoms with Crippen LogP contribution in [0.2, 0.25) is 0 Å². The average Bonchev–Trinajstić information content (AvgIpc) is 2.95. The summed E-state index contributed by atoms with van der Waals surface area (Å²) in [5.41, 5.74) is 1.75. The van der Waals surface area contributed by atoms with Gasteiger partial charge in [-0.3, -0.25) is 4.68 Å². The van der Waals surface area contributed by atoms with Crippen LogP contribution in [0.25, 0.3) is 0 Å². The summed E-state index contributed by atoms with van der Waals surface area (Å²) in [5.74, 6) is 0.826. The number of nitrogens with zero attached hydrogens (tertiary/aromatic N) is 5. The number of pyridine rings is 1. The van der Waals surface area contributed by atoms with Gasteiger partial charge in [0.05, 0.1) is 17.4 Å². The second-order valence-corrected chi connectivity index (χ2v) is 5.35. The maximum absolute atomic E-state index is 8.79. The third-order valence-corrected chi connectivity index (χ3v) is 3.72. The fourth-order valence-corrected chi connectivity index (χ4v) is 2.66. The summed E-state index contributed by atoms with van der Waals surface area (Å²) in [5, 5.41) is 16.5. The normalized spacial score (nSPS) is 18.3. The van der Waals surface area contributed by atoms with Crippen LogP contribution in [0.1, 0.15) is 18.4 Å². The SMILES string of the molecule is Cn1cc(N2CCCC(Nc3ccc(C#N)cn3)C2)cn1. The topological polar surface area (TPSA) is 69.8 Å². The van der Waals surface area contributed by atoms with Gasteiger partial charge in [-0.2, -0.15) is 10.4 Å². The molecule has 2 aromatic rings. The molecular weight excluding hydrogens is 264 g/mol. The van der Waals surface area contributed by atoms with Crippen LogP contribution >= 0.6 is 0 Å². The van der Waals surface area contributed by atoms with Crippen LogP contribution in [0.15, 0.2) is 30.7 Å². The number of hydrogen-bond acceptors (Lipinski definition) is 5. The molecule has 2 aromatic heterocycles. The van der Waals surface area contributed by atoms with Crippen molar-refractivity contribution in [2.75, 3.05) is 23.3 Å². The highest BCUT2D eigenvalue weighted by atomic mass is 15.3. The van der Waals surface area contributed by atoms with E-state index in [-0.39, 0.29) is 0 Å². The van der Waals surface area contributed by atoms with E-state index in [4.69, 9.17) is 5.26 Å². The van der Waals surface area contributed by atoms with Crippen LogP contribution in [0.3, 0.4) is 0 Å². The zero-order valence-corrected chi connectivity index (χ0v) is 12.0. The Hall–Kier alpha value is -2.55. The molecule has 0 saturated carbocycles. The van der Waals surface area contributed by atoms with Crippen LogP contribution in [-0.4, -0.2) is 33.9 Å². The molecule has 1 aliphatic rings. The van der Waals surface area contributed by atoms with Crippen LogP contribution in [-0.2, 0) is 7.05 Å². The Morgan fingerprint density at radius 3 is 2.95 bits per heavy atom. The van der Waals surface area contributed by atoms with E-state index in [2.05, 4.69) is 26.4 Å². The van der Waals surface area contributed by atoms with Crippen molar-refractivity contribution in [2.24, 2.45) is 7.05 Å². The maximum Gasteiger partial charge on any atom is 0.126 e. The van der Waals surface area contributed by atoms with Gasteiger partial charge in [-0.1, -0.05) is 0 Å². The minimum atomic E-state index is 0.361. The van der Waals surface area contributed by atoms with E-state index >= 15 is 0 Å². The lowest BCUT2D eigenvalue weighted by Gasteiger charge is -2.34. The minimum absolute atomic E-state index is 0.361. The Bertz CT molecular complexity index is 639. The molecule has 3 heterocycles. The van der Waals surface area contributed by atoms with Gasteiger partial charge in [0, 0.05) is 38.6 Å². The first kappa shape index (κ1) is 13.4. The molecule has 0 spiro atoms. The van der Waals surface area contributed by atoms with Crippen LogP contribution < -0.4 is 10.2 Å². The molecule has 108 valence electrons. The van der Waals surface area contributed by atoms with Gasteiger partial charge in [0.15, 0.2) is 0 Å². The summed E-state index contributed by atoms with van der Waals surface area (Å²) in [4.78, 5) is 6.62. The number of rotatable bonds is 3. The van der Waals surface area contributed by atoms with Crippen molar-refractivity contribution in [2.45, 2.75) is 18.9 Å². The van der Waals surface area contributed by atoms with E-state index in [0.717, 1.165) is 37.4 Å². The first-order chi connectivity index (χ1) is 10.2. The molecule has 6 nitrogen and oxygen atoms in total. The van der Waals surface area contributed by atoms with Crippen molar-refractivity contribution in [1.82, 2.24) is 14.8 Å². The number of aromatic nitrogens is 3. The second kappa shape index (κ2) is 5.83. The maximum atomic E-state index is 8.79. The summed E-state index contributed by atoms with van der Waals surface area (Å²) in [7, 11) is 1.93. The van der Waals surface area contributed by atoms with Crippen LogP contribution in [0, 0.1) is 11.3 Å². The highest BCUT2D eigenvalue weighted by Crippen LogP contribution is 2.20. The molecule has 1 fully saturated rings. The predicted octanol–water partition coefficient (Wildman–Crippen LogP) is 1.77. The van der Waals surface area contributed by atoms with E-state index in [1.165, 1.54) is 0 Å². The van der Waals surface area contributed by atoms with E-state index in [0.29, 0.717) is 11.6 Å². The molecule has 3 rings (SSSR count). The first-order valence-corrected chi connectivity index (χ1v) is 7.11. The molecule has 1 saturated heterocycles. The molecule has 0 bridgehead atoms. The van der Waals surface area contributed by atoms with Crippen molar-refractivity contribution >= 4 is 11.5 Å². The number of anilines is 2. The van der Waals surface area contributed by atoms with Crippen molar-refractivity contribution in [3.63, 3.8) is 0 Å². The molecule has 0 radical (unpaired) electrons. The number of hydrogen-bond donors (Lipinski definition) is 1. The van der Waals surface area contributed by atoms with E-state index < -0.39 is 0 Å². The third kappa shape index (κ3) is 3.14. The fraction of sp³-hybridized carbons (Fsp3) is 0.400. The van der Waals surface area contributed by atoms with E-state index in [1.54, 1.807) is 12.3 Å². The first-order valence-electron chi connectivity index (χ1n) is 7.11. The molecule has 1 unspecified atom stereocenters. The number of piperidine rings is 1. The molecule has 1 aliphatic heterocycles. The largest absolute Gasteiger partial charge is 0.367 e. The number of nitriles is 1. The molecule has 0 aromatic carbocycles. The predicted molar refractivity (Wildman–Crippen MR) is 81.0 cm³/mol. The molecule has 6 heteroatoms. The van der Waals surface area contributed by atoms with Gasteiger partial charge in [0.2, 0.25) is 0 Å². The van der Waals surface area contributed by atoms with E-state index in [1.807, 2.05) is 30.2 Å². The summed E-state index contributed by atoms with van der Waals surface area (Å²) in [6.07, 6.45) is 7.82. The molecule has 0 aliphatic carbocycles. The zero-order chi connectivity index (χ0) is 14.7. The quantitative estimate of drug-likeness (QED) is 0.929. The summed E-state index contributed by atoms with van der Waals surface area (Å²) >= 11 is 0. The minimum Gasteiger partial charge on any atom is -0.367 e. The Balaban J connectivity index is 1.64. The lowest BCUT2D eigenvalue weighted by Crippen LogP contribution is -2.42. The molecular formula is C15H18N6. The summed E-state index contributed by atoms with van der Waals surface area (Å²) in [6.45, 7) is 2.00. The van der Waals surface area contributed by atoms with Crippen molar-refractivity contribution in [1.29, 1.82) is 5.26 Å². The number of nitrogens with one attached hydrogen (secondary N) is 1. The van der Waals surface area contributed by atoms with Gasteiger partial charge in [0.25, 0.3) is 0 Å². The lowest BCUT2D eigenvalue weighted by molar-refractivity contribution is 0.529. The average molecular weight is 282 g/mol. The van der Waals surface area contributed by atoms with Gasteiger partial charge >= 0.3 is 0 Å². The van der Waals surface area contributed by atoms with Crippen molar-refractivity contribution in [3.8, 4) is 6.07 Å². The highest BCUT2D eigenvalue weighted by Gasteiger charge is 2.21. The smallest absolute Gasteiger partial charge is 0.126 e. The van der Waals surface area contributed by atoms with Gasteiger partial charge < -0.3 is 10.2 Å². The standard InChI is InChI=1S/C15H18N6/c1-20-11-14(9-18-20)21-6-2-3-13(10-21)19-15-5-4-12(7-16)8-17-15/h4-5,8-9,11,13H,2-3,6,10H2,1H3,(H,17,19). The van der Waals surface area contributed by atoms with Crippen molar-refractivity contribution in [3.05, 3.63) is 36.3 Å². The summed E-state index contributed by atoms with van der Waals surface area (Å²) < 4.78 is 1.83. The van der Waals surface area contributed by atoms with Crippen molar-refractivity contribution < 1.29 is 0 Å². The van der Waals surface area contributed by atoms with Gasteiger partial charge in [-0.15, -0.1) is 0 Å². The van der Waals surface area contributed by atoms with Gasteiger partial charge in [-0.05, 0) is 25.0 Å². The monoisotopic (exact) mass is 282 g/mol. The third-order valence-electron chi connectivity index (χ3n) is 3.72. The lowest BCUT2D eigenvalue weighted by atomic mass is 10.1. The van der Waals surface area contributed by atoms with Gasteiger partial charge in [0.1, 0.15) is 11.9 Å². The van der Waals surface area contributed by atoms with E-state index in [9.17, 15) is 0 Å². The van der Waals surface area contributed by atoms with Gasteiger partial charge in [-0.25, -0.2) is 4.98 Å². The highest BCUT2D eigenvalue weighted by molar-refractivity contribution is 5.45. The Morgan fingerprint density at radius 1 is 1.38 bits per heavy atom. The summed E-state index contributed by atoms with van der Waals surface area (Å²) in [6, 6.07) is 6.09. The van der Waals surface area contributed by atoms with Crippen LogP contribution in [0.4, 0.5) is 11.5 Å². The Labute approximate surface area is 124 Å². The second-order valence-electron chi connectivity index (χ2n) is 5.35. The molecule has 0 amide bonds. The van der Waals surface area contributed by atoms with Crippen LogP contribution in [0.5, 0.6) is 0 Å². The molecule has 1 atom stereocenters. The Morgan fingerprint density at radius 2 is 2.29 bits per heavy atom. The number of aryl methyl sites for hydroxylation is 1. The fourth-order valence-electron chi connectivity index (χ4n) is 2.66. The zero-order valence-electron chi connectivity index (χ0n) is 12.0. The molecule has 21 heavy (non-hydrogen) atoms. The Kier molecular flexibility index (Phi) is 3.73.